The van der Waals surface area contributed by atoms with Crippen LogP contribution in [0.4, 0.5) is 0 Å². The molecule has 1 fully saturated rings. The smallest absolute Gasteiger partial charge is 0.342 e. The van der Waals surface area contributed by atoms with Crippen molar-refractivity contribution >= 4 is 5.97 Å². The lowest BCUT2D eigenvalue weighted by Gasteiger charge is -2.28. The minimum absolute atomic E-state index is 0.106. The number of carbonyl (C=O) groups excluding carboxylic acids is 1. The van der Waals surface area contributed by atoms with E-state index in [1.807, 2.05) is 19.1 Å². The zero-order chi connectivity index (χ0) is 14.4. The van der Waals surface area contributed by atoms with Crippen LogP contribution in [-0.2, 0) is 4.74 Å². The molecule has 4 heteroatoms. The van der Waals surface area contributed by atoms with Crippen LogP contribution in [-0.4, -0.2) is 43.7 Å². The van der Waals surface area contributed by atoms with E-state index < -0.39 is 0 Å². The molecule has 1 aliphatic rings. The Labute approximate surface area is 120 Å². The van der Waals surface area contributed by atoms with Crippen molar-refractivity contribution in [3.8, 4) is 5.75 Å². The van der Waals surface area contributed by atoms with Gasteiger partial charge in [-0.25, -0.2) is 4.79 Å². The summed E-state index contributed by atoms with van der Waals surface area (Å²) in [5.41, 5.74) is 0.487. The molecule has 0 aliphatic carbocycles. The topological polar surface area (TPSA) is 38.8 Å². The van der Waals surface area contributed by atoms with Crippen molar-refractivity contribution in [1.82, 2.24) is 4.90 Å². The number of hydrogen-bond acceptors (Lipinski definition) is 4. The van der Waals surface area contributed by atoms with Crippen LogP contribution in [0.25, 0.3) is 0 Å². The first kappa shape index (κ1) is 14.9. The summed E-state index contributed by atoms with van der Waals surface area (Å²) in [4.78, 5) is 14.5. The SMILES string of the molecule is COc1ccccc1C(=O)O[C@H](C)CN1CCCCC1. The second-order valence-corrected chi connectivity index (χ2v) is 5.28. The van der Waals surface area contributed by atoms with Gasteiger partial charge in [0.25, 0.3) is 0 Å². The van der Waals surface area contributed by atoms with Gasteiger partial charge in [-0.15, -0.1) is 0 Å². The summed E-state index contributed by atoms with van der Waals surface area (Å²) in [7, 11) is 1.56. The highest BCUT2D eigenvalue weighted by atomic mass is 16.5. The number of carbonyl (C=O) groups is 1. The molecular weight excluding hydrogens is 254 g/mol. The van der Waals surface area contributed by atoms with E-state index in [0.29, 0.717) is 11.3 Å². The number of likely N-dealkylation sites (tertiary alicyclic amines) is 1. The average Bonchev–Trinajstić information content (AvgIpc) is 2.48. The number of nitrogens with zero attached hydrogens (tertiary/aromatic N) is 1. The van der Waals surface area contributed by atoms with Crippen molar-refractivity contribution in [2.45, 2.75) is 32.3 Å². The van der Waals surface area contributed by atoms with Crippen LogP contribution in [0.15, 0.2) is 24.3 Å². The highest BCUT2D eigenvalue weighted by molar-refractivity contribution is 5.92. The van der Waals surface area contributed by atoms with E-state index >= 15 is 0 Å². The maximum absolute atomic E-state index is 12.2. The molecule has 1 aliphatic heterocycles. The fraction of sp³-hybridized carbons (Fsp3) is 0.562. The number of benzene rings is 1. The largest absolute Gasteiger partial charge is 0.496 e. The van der Waals surface area contributed by atoms with Crippen LogP contribution in [0.5, 0.6) is 5.75 Å². The van der Waals surface area contributed by atoms with Gasteiger partial charge in [-0.2, -0.15) is 0 Å². The van der Waals surface area contributed by atoms with Gasteiger partial charge in [0.1, 0.15) is 17.4 Å². The first-order chi connectivity index (χ1) is 9.70. The molecule has 0 spiro atoms. The lowest BCUT2D eigenvalue weighted by molar-refractivity contribution is 0.0233. The normalized spacial score (nSPS) is 17.5. The van der Waals surface area contributed by atoms with Gasteiger partial charge in [0.2, 0.25) is 0 Å². The molecule has 0 saturated carbocycles. The highest BCUT2D eigenvalue weighted by Crippen LogP contribution is 2.19. The number of para-hydroxylation sites is 1. The molecule has 0 N–H and O–H groups in total. The van der Waals surface area contributed by atoms with E-state index in [0.717, 1.165) is 19.6 Å². The molecule has 2 rings (SSSR count). The first-order valence-electron chi connectivity index (χ1n) is 7.27. The Morgan fingerprint density at radius 2 is 1.95 bits per heavy atom. The second kappa shape index (κ2) is 7.29. The van der Waals surface area contributed by atoms with E-state index in [1.54, 1.807) is 19.2 Å². The molecular formula is C16H23NO3. The monoisotopic (exact) mass is 277 g/mol. The summed E-state index contributed by atoms with van der Waals surface area (Å²) >= 11 is 0. The predicted molar refractivity (Wildman–Crippen MR) is 78.2 cm³/mol. The summed E-state index contributed by atoms with van der Waals surface area (Å²) < 4.78 is 10.7. The van der Waals surface area contributed by atoms with Crippen LogP contribution in [0.2, 0.25) is 0 Å². The molecule has 0 amide bonds. The Morgan fingerprint density at radius 3 is 2.65 bits per heavy atom. The lowest BCUT2D eigenvalue weighted by Crippen LogP contribution is -2.37. The van der Waals surface area contributed by atoms with Crippen LogP contribution < -0.4 is 4.74 Å². The molecule has 1 heterocycles. The Balaban J connectivity index is 1.89. The van der Waals surface area contributed by atoms with Gasteiger partial charge in [-0.1, -0.05) is 18.6 Å². The van der Waals surface area contributed by atoms with E-state index in [4.69, 9.17) is 9.47 Å². The molecule has 0 radical (unpaired) electrons. The molecule has 0 unspecified atom stereocenters. The molecule has 0 bridgehead atoms. The first-order valence-corrected chi connectivity index (χ1v) is 7.27. The van der Waals surface area contributed by atoms with E-state index in [-0.39, 0.29) is 12.1 Å². The summed E-state index contributed by atoms with van der Waals surface area (Å²) in [5.74, 6) is 0.245. The van der Waals surface area contributed by atoms with Gasteiger partial charge >= 0.3 is 5.97 Å². The Kier molecular flexibility index (Phi) is 5.41. The van der Waals surface area contributed by atoms with Gasteiger partial charge in [-0.05, 0) is 45.0 Å². The third kappa shape index (κ3) is 3.97. The summed E-state index contributed by atoms with van der Waals surface area (Å²) in [5, 5.41) is 0. The maximum Gasteiger partial charge on any atom is 0.342 e. The molecule has 1 aromatic rings. The van der Waals surface area contributed by atoms with Crippen LogP contribution >= 0.6 is 0 Å². The van der Waals surface area contributed by atoms with E-state index in [2.05, 4.69) is 4.90 Å². The van der Waals surface area contributed by atoms with E-state index in [1.165, 1.54) is 19.3 Å². The number of rotatable bonds is 5. The molecule has 4 nitrogen and oxygen atoms in total. The van der Waals surface area contributed by atoms with Gasteiger partial charge in [-0.3, -0.25) is 4.90 Å². The zero-order valence-electron chi connectivity index (χ0n) is 12.3. The van der Waals surface area contributed by atoms with Gasteiger partial charge in [0.15, 0.2) is 0 Å². The lowest BCUT2D eigenvalue weighted by atomic mass is 10.1. The number of piperidine rings is 1. The van der Waals surface area contributed by atoms with Gasteiger partial charge in [0, 0.05) is 6.54 Å². The molecule has 1 atom stereocenters. The van der Waals surface area contributed by atoms with Crippen LogP contribution in [0.3, 0.4) is 0 Å². The zero-order valence-corrected chi connectivity index (χ0v) is 12.3. The fourth-order valence-electron chi connectivity index (χ4n) is 2.60. The molecule has 0 aromatic heterocycles. The molecule has 1 saturated heterocycles. The second-order valence-electron chi connectivity index (χ2n) is 5.28. The third-order valence-electron chi connectivity index (χ3n) is 3.60. The average molecular weight is 277 g/mol. The highest BCUT2D eigenvalue weighted by Gasteiger charge is 2.19. The standard InChI is InChI=1S/C16H23NO3/c1-13(12-17-10-6-3-7-11-17)20-16(18)14-8-4-5-9-15(14)19-2/h4-5,8-9,13H,3,6-7,10-12H2,1-2H3/t13-/m1/s1. The van der Waals surface area contributed by atoms with Crippen molar-refractivity contribution in [1.29, 1.82) is 0 Å². The van der Waals surface area contributed by atoms with Crippen molar-refractivity contribution < 1.29 is 14.3 Å². The molecule has 110 valence electrons. The van der Waals surface area contributed by atoms with Gasteiger partial charge in [0.05, 0.1) is 7.11 Å². The number of ether oxygens (including phenoxy) is 2. The van der Waals surface area contributed by atoms with Crippen molar-refractivity contribution in [3.05, 3.63) is 29.8 Å². The van der Waals surface area contributed by atoms with Crippen molar-refractivity contribution in [2.75, 3.05) is 26.7 Å². The van der Waals surface area contributed by atoms with E-state index in [9.17, 15) is 4.79 Å². The molecule has 1 aromatic carbocycles. The van der Waals surface area contributed by atoms with Crippen LogP contribution in [0, 0.1) is 0 Å². The Bertz CT molecular complexity index is 441. The summed E-state index contributed by atoms with van der Waals surface area (Å²) in [6, 6.07) is 7.15. The third-order valence-corrected chi connectivity index (χ3v) is 3.60. The number of methoxy groups -OCH3 is 1. The predicted octanol–water partition coefficient (Wildman–Crippen LogP) is 2.73. The summed E-state index contributed by atoms with van der Waals surface area (Å²) in [6.45, 7) is 4.97. The van der Waals surface area contributed by atoms with Crippen molar-refractivity contribution in [3.63, 3.8) is 0 Å². The maximum atomic E-state index is 12.2. The minimum atomic E-state index is -0.313. The van der Waals surface area contributed by atoms with Crippen molar-refractivity contribution in [2.24, 2.45) is 0 Å². The fourth-order valence-corrected chi connectivity index (χ4v) is 2.60. The quantitative estimate of drug-likeness (QED) is 0.776. The Hall–Kier alpha value is -1.55. The Morgan fingerprint density at radius 1 is 1.25 bits per heavy atom. The van der Waals surface area contributed by atoms with Crippen LogP contribution in [0.1, 0.15) is 36.5 Å². The van der Waals surface area contributed by atoms with Gasteiger partial charge < -0.3 is 9.47 Å². The number of hydrogen-bond donors (Lipinski definition) is 0. The molecule has 20 heavy (non-hydrogen) atoms. The number of esters is 1. The minimum Gasteiger partial charge on any atom is -0.496 e. The summed E-state index contributed by atoms with van der Waals surface area (Å²) in [6.07, 6.45) is 3.69.